The van der Waals surface area contributed by atoms with E-state index in [9.17, 15) is 4.79 Å². The van der Waals surface area contributed by atoms with Gasteiger partial charge in [-0.1, -0.05) is 26.7 Å². The van der Waals surface area contributed by atoms with Crippen LogP contribution in [-0.4, -0.2) is 19.1 Å². The Labute approximate surface area is 121 Å². The Hall–Kier alpha value is -1.71. The fourth-order valence-corrected chi connectivity index (χ4v) is 2.11. The second-order valence-corrected chi connectivity index (χ2v) is 5.66. The van der Waals surface area contributed by atoms with Crippen LogP contribution in [0.1, 0.15) is 50.4 Å². The Morgan fingerprint density at radius 2 is 2.00 bits per heavy atom. The molecule has 0 saturated heterocycles. The zero-order valence-electron chi connectivity index (χ0n) is 12.9. The molecule has 0 aliphatic heterocycles. The summed E-state index contributed by atoms with van der Waals surface area (Å²) in [5, 5.41) is 3.39. The highest BCUT2D eigenvalue weighted by molar-refractivity contribution is 5.91. The van der Waals surface area contributed by atoms with Crippen LogP contribution in [0.4, 0.5) is 11.4 Å². The largest absolute Gasteiger partial charge is 0.465 e. The van der Waals surface area contributed by atoms with E-state index in [1.54, 1.807) is 12.1 Å². The van der Waals surface area contributed by atoms with Crippen LogP contribution >= 0.6 is 0 Å². The summed E-state index contributed by atoms with van der Waals surface area (Å²) in [7, 11) is 1.36. The second-order valence-electron chi connectivity index (χ2n) is 5.66. The first kappa shape index (κ1) is 16.3. The predicted octanol–water partition coefficient (Wildman–Crippen LogP) is 3.68. The molecule has 0 spiro atoms. The number of methoxy groups -OCH3 is 1. The topological polar surface area (TPSA) is 64.3 Å². The lowest BCUT2D eigenvalue weighted by Crippen LogP contribution is -2.16. The smallest absolute Gasteiger partial charge is 0.337 e. The molecule has 4 heteroatoms. The molecule has 0 heterocycles. The lowest BCUT2D eigenvalue weighted by molar-refractivity contribution is 0.0601. The van der Waals surface area contributed by atoms with Crippen LogP contribution < -0.4 is 11.1 Å². The molecule has 3 N–H and O–H groups in total. The molecule has 1 unspecified atom stereocenters. The summed E-state index contributed by atoms with van der Waals surface area (Å²) in [6.07, 6.45) is 3.55. The summed E-state index contributed by atoms with van der Waals surface area (Å²) < 4.78 is 4.67. The lowest BCUT2D eigenvalue weighted by atomic mass is 10.0. The van der Waals surface area contributed by atoms with Crippen LogP contribution in [-0.2, 0) is 4.74 Å². The minimum absolute atomic E-state index is 0.361. The molecule has 1 aromatic rings. The first-order valence-electron chi connectivity index (χ1n) is 7.18. The third kappa shape index (κ3) is 5.11. The molecule has 1 rings (SSSR count). The molecule has 4 nitrogen and oxygen atoms in total. The second kappa shape index (κ2) is 7.78. The number of ether oxygens (including phenoxy) is 1. The number of benzene rings is 1. The van der Waals surface area contributed by atoms with Crippen molar-refractivity contribution in [1.29, 1.82) is 0 Å². The van der Waals surface area contributed by atoms with E-state index in [4.69, 9.17) is 5.73 Å². The van der Waals surface area contributed by atoms with Crippen molar-refractivity contribution < 1.29 is 9.53 Å². The molecular weight excluding hydrogens is 252 g/mol. The van der Waals surface area contributed by atoms with Gasteiger partial charge in [-0.25, -0.2) is 4.79 Å². The van der Waals surface area contributed by atoms with E-state index in [0.29, 0.717) is 17.3 Å². The molecule has 1 aromatic carbocycles. The van der Waals surface area contributed by atoms with Gasteiger partial charge in [0, 0.05) is 6.04 Å². The van der Waals surface area contributed by atoms with Crippen molar-refractivity contribution in [3.8, 4) is 0 Å². The number of esters is 1. The van der Waals surface area contributed by atoms with E-state index in [0.717, 1.165) is 18.0 Å². The minimum Gasteiger partial charge on any atom is -0.465 e. The number of nitrogens with one attached hydrogen (secondary N) is 1. The van der Waals surface area contributed by atoms with Crippen LogP contribution in [0.2, 0.25) is 0 Å². The normalized spacial score (nSPS) is 12.2. The summed E-state index contributed by atoms with van der Waals surface area (Å²) in [4.78, 5) is 11.4. The van der Waals surface area contributed by atoms with Crippen molar-refractivity contribution >= 4 is 17.3 Å². The molecule has 0 aliphatic rings. The van der Waals surface area contributed by atoms with Gasteiger partial charge in [0.25, 0.3) is 0 Å². The molecule has 0 bridgehead atoms. The highest BCUT2D eigenvalue weighted by Gasteiger charge is 2.10. The number of nitrogen functional groups attached to an aromatic ring is 1. The zero-order chi connectivity index (χ0) is 15.1. The van der Waals surface area contributed by atoms with Crippen LogP contribution in [0.25, 0.3) is 0 Å². The molecule has 0 aliphatic carbocycles. The fourth-order valence-electron chi connectivity index (χ4n) is 2.11. The molecule has 0 aromatic heterocycles. The van der Waals surface area contributed by atoms with E-state index in [1.165, 1.54) is 20.0 Å². The molecule has 1 atom stereocenters. The van der Waals surface area contributed by atoms with Gasteiger partial charge in [-0.3, -0.25) is 0 Å². The van der Waals surface area contributed by atoms with Crippen molar-refractivity contribution in [1.82, 2.24) is 0 Å². The fraction of sp³-hybridized carbons (Fsp3) is 0.562. The molecule has 0 amide bonds. The maximum atomic E-state index is 11.4. The third-order valence-electron chi connectivity index (χ3n) is 3.29. The number of rotatable bonds is 7. The number of hydrogen-bond acceptors (Lipinski definition) is 4. The van der Waals surface area contributed by atoms with Crippen molar-refractivity contribution in [3.63, 3.8) is 0 Å². The number of hydrogen-bond donors (Lipinski definition) is 2. The quantitative estimate of drug-likeness (QED) is 0.590. The van der Waals surface area contributed by atoms with Gasteiger partial charge in [-0.05, 0) is 37.5 Å². The maximum Gasteiger partial charge on any atom is 0.337 e. The maximum absolute atomic E-state index is 11.4. The van der Waals surface area contributed by atoms with Crippen LogP contribution in [0.5, 0.6) is 0 Å². The van der Waals surface area contributed by atoms with Crippen LogP contribution in [0.3, 0.4) is 0 Å². The molecule has 112 valence electrons. The van der Waals surface area contributed by atoms with Gasteiger partial charge < -0.3 is 15.8 Å². The number of carbonyl (C=O) groups is 1. The zero-order valence-corrected chi connectivity index (χ0v) is 12.9. The third-order valence-corrected chi connectivity index (χ3v) is 3.29. The molecule has 20 heavy (non-hydrogen) atoms. The van der Waals surface area contributed by atoms with E-state index in [-0.39, 0.29) is 5.97 Å². The monoisotopic (exact) mass is 278 g/mol. The number of anilines is 2. The van der Waals surface area contributed by atoms with Gasteiger partial charge in [0.05, 0.1) is 24.0 Å². The van der Waals surface area contributed by atoms with Gasteiger partial charge in [-0.2, -0.15) is 0 Å². The summed E-state index contributed by atoms with van der Waals surface area (Å²) >= 11 is 0. The Morgan fingerprint density at radius 3 is 2.55 bits per heavy atom. The van der Waals surface area contributed by atoms with Crippen LogP contribution in [0, 0.1) is 5.92 Å². The molecule has 0 fully saturated rings. The minimum atomic E-state index is -0.367. The van der Waals surface area contributed by atoms with Gasteiger partial charge in [-0.15, -0.1) is 0 Å². The van der Waals surface area contributed by atoms with E-state index >= 15 is 0 Å². The Morgan fingerprint density at radius 1 is 1.30 bits per heavy atom. The summed E-state index contributed by atoms with van der Waals surface area (Å²) in [5.74, 6) is 0.375. The van der Waals surface area contributed by atoms with E-state index < -0.39 is 0 Å². The summed E-state index contributed by atoms with van der Waals surface area (Å²) in [5.41, 5.74) is 7.89. The SMILES string of the molecule is COC(=O)c1ccc(NC(C)CCCC(C)C)c(N)c1. The van der Waals surface area contributed by atoms with Crippen molar-refractivity contribution in [2.75, 3.05) is 18.2 Å². The highest BCUT2D eigenvalue weighted by atomic mass is 16.5. The summed E-state index contributed by atoms with van der Waals surface area (Å²) in [6, 6.07) is 5.57. The number of nitrogens with two attached hydrogens (primary N) is 1. The van der Waals surface area contributed by atoms with Crippen LogP contribution in [0.15, 0.2) is 18.2 Å². The van der Waals surface area contributed by atoms with Crippen molar-refractivity contribution in [3.05, 3.63) is 23.8 Å². The Balaban J connectivity index is 2.57. The first-order chi connectivity index (χ1) is 9.43. The predicted molar refractivity (Wildman–Crippen MR) is 84.0 cm³/mol. The van der Waals surface area contributed by atoms with E-state index in [2.05, 4.69) is 30.8 Å². The molecule has 0 saturated carbocycles. The Bertz CT molecular complexity index is 444. The molecule has 0 radical (unpaired) electrons. The van der Waals surface area contributed by atoms with Crippen molar-refractivity contribution in [2.45, 2.75) is 46.1 Å². The van der Waals surface area contributed by atoms with Crippen molar-refractivity contribution in [2.24, 2.45) is 5.92 Å². The average Bonchev–Trinajstić information content (AvgIpc) is 2.39. The summed E-state index contributed by atoms with van der Waals surface area (Å²) in [6.45, 7) is 6.62. The average molecular weight is 278 g/mol. The van der Waals surface area contributed by atoms with Gasteiger partial charge in [0.15, 0.2) is 0 Å². The lowest BCUT2D eigenvalue weighted by Gasteiger charge is -2.17. The first-order valence-corrected chi connectivity index (χ1v) is 7.18. The Kier molecular flexibility index (Phi) is 6.36. The van der Waals surface area contributed by atoms with Gasteiger partial charge >= 0.3 is 5.97 Å². The van der Waals surface area contributed by atoms with Gasteiger partial charge in [0.1, 0.15) is 0 Å². The number of carbonyl (C=O) groups excluding carboxylic acids is 1. The van der Waals surface area contributed by atoms with E-state index in [1.807, 2.05) is 6.07 Å². The standard InChI is InChI=1S/C16H26N2O2/c1-11(2)6-5-7-12(3)18-15-9-8-13(10-14(15)17)16(19)20-4/h8-12,18H,5-7,17H2,1-4H3. The molecular formula is C16H26N2O2. The van der Waals surface area contributed by atoms with Gasteiger partial charge in [0.2, 0.25) is 0 Å². The highest BCUT2D eigenvalue weighted by Crippen LogP contribution is 2.22.